The van der Waals surface area contributed by atoms with Gasteiger partial charge in [-0.1, -0.05) is 63.1 Å². The van der Waals surface area contributed by atoms with Crippen LogP contribution in [0.3, 0.4) is 0 Å². The van der Waals surface area contributed by atoms with E-state index in [4.69, 9.17) is 9.47 Å². The Morgan fingerprint density at radius 3 is 1.25 bits per heavy atom. The van der Waals surface area contributed by atoms with Crippen LogP contribution in [0, 0.1) is 10.8 Å². The van der Waals surface area contributed by atoms with Crippen molar-refractivity contribution in [1.82, 2.24) is 0 Å². The molecule has 0 aliphatic carbocycles. The van der Waals surface area contributed by atoms with E-state index in [-0.39, 0.29) is 0 Å². The summed E-state index contributed by atoms with van der Waals surface area (Å²) in [5.74, 6) is 2.13. The minimum absolute atomic E-state index is 0.381. The first-order chi connectivity index (χ1) is 9.21. The molecule has 0 N–H and O–H groups in total. The van der Waals surface area contributed by atoms with Crippen LogP contribution in [0.25, 0.3) is 0 Å². The predicted molar refractivity (Wildman–Crippen MR) is 94.7 cm³/mol. The summed E-state index contributed by atoms with van der Waals surface area (Å²) in [5.41, 5.74) is 0.762. The summed E-state index contributed by atoms with van der Waals surface area (Å²) in [6.45, 7) is 17.0. The SMILES string of the molecule is CC(C)(C)CCOCCSSCCOCCC(C)(C)C. The second-order valence-electron chi connectivity index (χ2n) is 7.49. The number of hydrogen-bond donors (Lipinski definition) is 0. The zero-order chi connectivity index (χ0) is 15.5. The van der Waals surface area contributed by atoms with Gasteiger partial charge in [0.25, 0.3) is 0 Å². The van der Waals surface area contributed by atoms with E-state index in [0.717, 1.165) is 50.8 Å². The summed E-state index contributed by atoms with van der Waals surface area (Å²) in [6, 6.07) is 0. The van der Waals surface area contributed by atoms with Gasteiger partial charge in [0.1, 0.15) is 0 Å². The second kappa shape index (κ2) is 11.2. The highest BCUT2D eigenvalue weighted by molar-refractivity contribution is 8.76. The van der Waals surface area contributed by atoms with Crippen LogP contribution in [-0.4, -0.2) is 37.9 Å². The lowest BCUT2D eigenvalue weighted by atomic mass is 9.93. The van der Waals surface area contributed by atoms with Crippen molar-refractivity contribution in [2.45, 2.75) is 54.4 Å². The molecule has 0 radical (unpaired) electrons. The molecule has 20 heavy (non-hydrogen) atoms. The summed E-state index contributed by atoms with van der Waals surface area (Å²) < 4.78 is 11.3. The van der Waals surface area contributed by atoms with Gasteiger partial charge >= 0.3 is 0 Å². The number of ether oxygens (including phenoxy) is 2. The van der Waals surface area contributed by atoms with Gasteiger partial charge in [0.05, 0.1) is 13.2 Å². The van der Waals surface area contributed by atoms with Crippen LogP contribution in [-0.2, 0) is 9.47 Å². The molecule has 122 valence electrons. The summed E-state index contributed by atoms with van der Waals surface area (Å²) >= 11 is 0. The van der Waals surface area contributed by atoms with Crippen LogP contribution in [0.15, 0.2) is 0 Å². The Labute approximate surface area is 134 Å². The highest BCUT2D eigenvalue weighted by Gasteiger charge is 2.09. The molecule has 0 saturated heterocycles. The molecule has 0 atom stereocenters. The van der Waals surface area contributed by atoms with E-state index in [9.17, 15) is 0 Å². The maximum absolute atomic E-state index is 5.63. The Kier molecular flexibility index (Phi) is 11.6. The van der Waals surface area contributed by atoms with Crippen LogP contribution >= 0.6 is 21.6 Å². The van der Waals surface area contributed by atoms with Gasteiger partial charge in [0, 0.05) is 24.7 Å². The van der Waals surface area contributed by atoms with Crippen molar-refractivity contribution in [3.05, 3.63) is 0 Å². The molecular formula is C16H34O2S2. The Morgan fingerprint density at radius 2 is 0.950 bits per heavy atom. The predicted octanol–water partition coefficient (Wildman–Crippen LogP) is 5.27. The second-order valence-corrected chi connectivity index (χ2v) is 10.2. The Bertz CT molecular complexity index is 195. The molecule has 4 heteroatoms. The van der Waals surface area contributed by atoms with Crippen molar-refractivity contribution in [2.24, 2.45) is 10.8 Å². The highest BCUT2D eigenvalue weighted by Crippen LogP contribution is 2.22. The molecule has 0 fully saturated rings. The van der Waals surface area contributed by atoms with E-state index in [1.165, 1.54) is 0 Å². The van der Waals surface area contributed by atoms with Gasteiger partial charge in [-0.05, 0) is 23.7 Å². The quantitative estimate of drug-likeness (QED) is 0.381. The average Bonchev–Trinajstić information content (AvgIpc) is 2.27. The largest absolute Gasteiger partial charge is 0.381 e. The molecule has 0 rings (SSSR count). The summed E-state index contributed by atoms with van der Waals surface area (Å²) in [6.07, 6.45) is 2.26. The molecule has 2 nitrogen and oxygen atoms in total. The van der Waals surface area contributed by atoms with Crippen molar-refractivity contribution in [3.63, 3.8) is 0 Å². The summed E-state index contributed by atoms with van der Waals surface area (Å²) in [4.78, 5) is 0. The van der Waals surface area contributed by atoms with Gasteiger partial charge in [-0.15, -0.1) is 0 Å². The van der Waals surface area contributed by atoms with Gasteiger partial charge < -0.3 is 9.47 Å². The third-order valence-corrected chi connectivity index (χ3v) is 5.03. The standard InChI is InChI=1S/C16H34O2S2/c1-15(2,3)7-9-17-11-13-19-20-14-12-18-10-8-16(4,5)6/h7-14H2,1-6H3. The highest BCUT2D eigenvalue weighted by atomic mass is 33.1. The number of rotatable bonds is 11. The average molecular weight is 323 g/mol. The fraction of sp³-hybridized carbons (Fsp3) is 1.00. The van der Waals surface area contributed by atoms with Crippen LogP contribution in [0.2, 0.25) is 0 Å². The Morgan fingerprint density at radius 1 is 0.600 bits per heavy atom. The van der Waals surface area contributed by atoms with E-state index >= 15 is 0 Å². The molecule has 0 heterocycles. The minimum atomic E-state index is 0.381. The fourth-order valence-electron chi connectivity index (χ4n) is 1.26. The van der Waals surface area contributed by atoms with Gasteiger partial charge in [0.15, 0.2) is 0 Å². The third-order valence-electron chi connectivity index (χ3n) is 2.70. The zero-order valence-corrected chi connectivity index (χ0v) is 15.9. The lowest BCUT2D eigenvalue weighted by Gasteiger charge is -2.17. The maximum atomic E-state index is 5.63. The molecule has 0 saturated carbocycles. The van der Waals surface area contributed by atoms with Crippen molar-refractivity contribution < 1.29 is 9.47 Å². The third kappa shape index (κ3) is 18.6. The maximum Gasteiger partial charge on any atom is 0.0565 e. The monoisotopic (exact) mass is 322 g/mol. The van der Waals surface area contributed by atoms with Crippen molar-refractivity contribution in [3.8, 4) is 0 Å². The fourth-order valence-corrected chi connectivity index (χ4v) is 2.99. The zero-order valence-electron chi connectivity index (χ0n) is 14.3. The first kappa shape index (κ1) is 20.6. The summed E-state index contributed by atoms with van der Waals surface area (Å²) in [5, 5.41) is 0. The van der Waals surface area contributed by atoms with Crippen molar-refractivity contribution in [1.29, 1.82) is 0 Å². The molecule has 0 aromatic heterocycles. The molecule has 0 spiro atoms. The lowest BCUT2D eigenvalue weighted by molar-refractivity contribution is 0.121. The van der Waals surface area contributed by atoms with Gasteiger partial charge in [0.2, 0.25) is 0 Å². The number of hydrogen-bond acceptors (Lipinski definition) is 4. The Hall–Kier alpha value is 0.620. The van der Waals surface area contributed by atoms with Crippen LogP contribution in [0.1, 0.15) is 54.4 Å². The topological polar surface area (TPSA) is 18.5 Å². The molecule has 0 aliphatic heterocycles. The summed E-state index contributed by atoms with van der Waals surface area (Å²) in [7, 11) is 3.77. The first-order valence-electron chi connectivity index (χ1n) is 7.61. The molecule has 0 unspecified atom stereocenters. The molecule has 0 aliphatic rings. The van der Waals surface area contributed by atoms with Gasteiger partial charge in [-0.3, -0.25) is 0 Å². The van der Waals surface area contributed by atoms with Crippen LogP contribution in [0.5, 0.6) is 0 Å². The van der Waals surface area contributed by atoms with Gasteiger partial charge in [-0.2, -0.15) is 0 Å². The Balaban J connectivity index is 3.10. The molecule has 0 bridgehead atoms. The van der Waals surface area contributed by atoms with Crippen molar-refractivity contribution in [2.75, 3.05) is 37.9 Å². The van der Waals surface area contributed by atoms with E-state index in [1.807, 2.05) is 21.6 Å². The first-order valence-corrected chi connectivity index (χ1v) is 10.1. The normalized spacial score (nSPS) is 12.9. The minimum Gasteiger partial charge on any atom is -0.381 e. The molecule has 0 amide bonds. The van der Waals surface area contributed by atoms with Crippen LogP contribution in [0.4, 0.5) is 0 Å². The van der Waals surface area contributed by atoms with Crippen LogP contribution < -0.4 is 0 Å². The molecule has 0 aromatic rings. The van der Waals surface area contributed by atoms with E-state index < -0.39 is 0 Å². The van der Waals surface area contributed by atoms with E-state index in [0.29, 0.717) is 10.8 Å². The molecule has 0 aromatic carbocycles. The van der Waals surface area contributed by atoms with E-state index in [2.05, 4.69) is 41.5 Å². The van der Waals surface area contributed by atoms with Crippen molar-refractivity contribution >= 4 is 21.6 Å². The lowest BCUT2D eigenvalue weighted by Crippen LogP contribution is -2.10. The smallest absolute Gasteiger partial charge is 0.0565 e. The molecular weight excluding hydrogens is 288 g/mol. The van der Waals surface area contributed by atoms with Gasteiger partial charge in [-0.25, -0.2) is 0 Å². The van der Waals surface area contributed by atoms with E-state index in [1.54, 1.807) is 0 Å².